The molecule has 0 saturated heterocycles. The van der Waals surface area contributed by atoms with Gasteiger partial charge in [-0.2, -0.15) is 0 Å². The van der Waals surface area contributed by atoms with Crippen LogP contribution in [-0.2, 0) is 16.3 Å². The second-order valence-electron chi connectivity index (χ2n) is 4.11. The molecule has 0 aliphatic heterocycles. The maximum atomic E-state index is 5.65. The monoisotopic (exact) mass is 282 g/mol. The van der Waals surface area contributed by atoms with Gasteiger partial charge in [0.2, 0.25) is 5.62 Å². The number of rotatable bonds is 8. The zero-order valence-electron chi connectivity index (χ0n) is 10.8. The predicted molar refractivity (Wildman–Crippen MR) is 80.0 cm³/mol. The van der Waals surface area contributed by atoms with Gasteiger partial charge in [0.25, 0.3) is 0 Å². The third-order valence-electron chi connectivity index (χ3n) is 1.47. The maximum absolute atomic E-state index is 5.65. The molecule has 0 fully saturated rings. The first-order chi connectivity index (χ1) is 7.39. The number of nitrogens with zero attached hydrogens (tertiary/aromatic N) is 1. The molecule has 0 aliphatic rings. The zero-order chi connectivity index (χ0) is 12.6. The highest BCUT2D eigenvalue weighted by Crippen LogP contribution is 2.56. The standard InChI is InChI=1S/C10H23N2OPS2/c1-6-13-14(15,16-7-9(2)3)12-8-11-10(4)5/h8-10H,6-7H2,1-5H3,(H,11,12,15). The van der Waals surface area contributed by atoms with Crippen molar-refractivity contribution in [3.63, 3.8) is 0 Å². The SMILES string of the molecule is CCOP(=S)(NC=NC(C)C)SCC(C)C. The van der Waals surface area contributed by atoms with Gasteiger partial charge in [-0.3, -0.25) is 4.99 Å². The van der Waals surface area contributed by atoms with Crippen LogP contribution < -0.4 is 5.09 Å². The summed E-state index contributed by atoms with van der Waals surface area (Å²) in [7, 11) is 0. The molecule has 3 nitrogen and oxygen atoms in total. The zero-order valence-corrected chi connectivity index (χ0v) is 13.3. The van der Waals surface area contributed by atoms with Crippen molar-refractivity contribution in [1.82, 2.24) is 5.09 Å². The Labute approximate surface area is 109 Å². The summed E-state index contributed by atoms with van der Waals surface area (Å²) >= 11 is 7.23. The van der Waals surface area contributed by atoms with Gasteiger partial charge in [0.05, 0.1) is 12.9 Å². The number of aliphatic imine (C=N–C) groups is 1. The molecule has 6 heteroatoms. The van der Waals surface area contributed by atoms with Crippen molar-refractivity contribution >= 4 is 35.1 Å². The summed E-state index contributed by atoms with van der Waals surface area (Å²) in [5.74, 6) is 1.64. The Morgan fingerprint density at radius 2 is 2.06 bits per heavy atom. The van der Waals surface area contributed by atoms with Gasteiger partial charge in [0.15, 0.2) is 0 Å². The van der Waals surface area contributed by atoms with Gasteiger partial charge < -0.3 is 9.61 Å². The van der Waals surface area contributed by atoms with Crippen LogP contribution >= 0.6 is 17.0 Å². The Bertz CT molecular complexity index is 257. The lowest BCUT2D eigenvalue weighted by Crippen LogP contribution is -2.10. The molecule has 1 N–H and O–H groups in total. The fourth-order valence-corrected chi connectivity index (χ4v) is 5.44. The van der Waals surface area contributed by atoms with E-state index in [0.29, 0.717) is 12.5 Å². The number of nitrogens with one attached hydrogen (secondary N) is 1. The number of hydrogen-bond donors (Lipinski definition) is 1. The van der Waals surface area contributed by atoms with Crippen LogP contribution in [0, 0.1) is 5.92 Å². The Kier molecular flexibility index (Phi) is 8.74. The van der Waals surface area contributed by atoms with Gasteiger partial charge in [-0.1, -0.05) is 25.2 Å². The van der Waals surface area contributed by atoms with Crippen LogP contribution in [-0.4, -0.2) is 24.7 Å². The van der Waals surface area contributed by atoms with E-state index in [1.807, 2.05) is 20.8 Å². The Hall–Kier alpha value is 0.430. The van der Waals surface area contributed by atoms with Gasteiger partial charge in [-0.25, -0.2) is 0 Å². The van der Waals surface area contributed by atoms with Crippen LogP contribution in [0.1, 0.15) is 34.6 Å². The first-order valence-corrected chi connectivity index (χ1v) is 9.89. The summed E-state index contributed by atoms with van der Waals surface area (Å²) in [5, 5.41) is 3.16. The van der Waals surface area contributed by atoms with Gasteiger partial charge >= 0.3 is 0 Å². The van der Waals surface area contributed by atoms with E-state index in [9.17, 15) is 0 Å². The van der Waals surface area contributed by atoms with Gasteiger partial charge in [-0.15, -0.1) is 0 Å². The van der Waals surface area contributed by atoms with Crippen LogP contribution in [0.3, 0.4) is 0 Å². The van der Waals surface area contributed by atoms with E-state index in [2.05, 4.69) is 23.9 Å². The van der Waals surface area contributed by atoms with E-state index in [0.717, 1.165) is 5.75 Å². The summed E-state index contributed by atoms with van der Waals surface area (Å²) in [5.41, 5.74) is -1.98. The Morgan fingerprint density at radius 3 is 2.50 bits per heavy atom. The molecule has 0 bridgehead atoms. The van der Waals surface area contributed by atoms with E-state index in [1.54, 1.807) is 17.7 Å². The van der Waals surface area contributed by atoms with Crippen LogP contribution in [0.5, 0.6) is 0 Å². The predicted octanol–water partition coefficient (Wildman–Crippen LogP) is 3.66. The highest BCUT2D eigenvalue weighted by molar-refractivity contribution is 8.68. The average Bonchev–Trinajstić information content (AvgIpc) is 2.15. The molecule has 0 aliphatic carbocycles. The Balaban J connectivity index is 4.27. The van der Waals surface area contributed by atoms with E-state index in [4.69, 9.17) is 16.3 Å². The van der Waals surface area contributed by atoms with Crippen molar-refractivity contribution in [2.75, 3.05) is 12.4 Å². The van der Waals surface area contributed by atoms with Crippen molar-refractivity contribution in [3.8, 4) is 0 Å². The number of hydrogen-bond acceptors (Lipinski definition) is 4. The van der Waals surface area contributed by atoms with Crippen molar-refractivity contribution in [1.29, 1.82) is 0 Å². The Morgan fingerprint density at radius 1 is 1.44 bits per heavy atom. The second-order valence-corrected chi connectivity index (χ2v) is 10.8. The van der Waals surface area contributed by atoms with Crippen molar-refractivity contribution in [3.05, 3.63) is 0 Å². The van der Waals surface area contributed by atoms with Crippen LogP contribution in [0.15, 0.2) is 4.99 Å². The first-order valence-electron chi connectivity index (χ1n) is 5.58. The molecule has 0 aromatic carbocycles. The summed E-state index contributed by atoms with van der Waals surface area (Å²) in [4.78, 5) is 4.25. The molecule has 16 heavy (non-hydrogen) atoms. The van der Waals surface area contributed by atoms with Crippen molar-refractivity contribution in [2.24, 2.45) is 10.9 Å². The van der Waals surface area contributed by atoms with Gasteiger partial charge in [-0.05, 0) is 38.5 Å². The minimum Gasteiger partial charge on any atom is -0.327 e. The molecule has 0 rings (SSSR count). The molecule has 0 aromatic heterocycles. The van der Waals surface area contributed by atoms with Crippen molar-refractivity contribution in [2.45, 2.75) is 40.7 Å². The van der Waals surface area contributed by atoms with Crippen molar-refractivity contribution < 1.29 is 4.52 Å². The lowest BCUT2D eigenvalue weighted by Gasteiger charge is -2.21. The van der Waals surface area contributed by atoms with Gasteiger partial charge in [0.1, 0.15) is 0 Å². The molecule has 96 valence electrons. The summed E-state index contributed by atoms with van der Waals surface area (Å²) in [6.07, 6.45) is 1.70. The second kappa shape index (κ2) is 8.51. The van der Waals surface area contributed by atoms with Crippen LogP contribution in [0.4, 0.5) is 0 Å². The smallest absolute Gasteiger partial charge is 0.211 e. The van der Waals surface area contributed by atoms with Crippen LogP contribution in [0.25, 0.3) is 0 Å². The third kappa shape index (κ3) is 8.57. The lowest BCUT2D eigenvalue weighted by atomic mass is 10.3. The molecular weight excluding hydrogens is 259 g/mol. The molecule has 0 heterocycles. The van der Waals surface area contributed by atoms with E-state index < -0.39 is 5.62 Å². The average molecular weight is 282 g/mol. The third-order valence-corrected chi connectivity index (χ3v) is 7.33. The largest absolute Gasteiger partial charge is 0.327 e. The molecule has 0 amide bonds. The maximum Gasteiger partial charge on any atom is 0.211 e. The van der Waals surface area contributed by atoms with E-state index in [-0.39, 0.29) is 6.04 Å². The molecule has 0 spiro atoms. The summed E-state index contributed by atoms with van der Waals surface area (Å²) in [6.45, 7) is 11.0. The fourth-order valence-electron chi connectivity index (χ4n) is 0.782. The quantitative estimate of drug-likeness (QED) is 0.418. The summed E-state index contributed by atoms with van der Waals surface area (Å²) in [6, 6.07) is 0.285. The fraction of sp³-hybridized carbons (Fsp3) is 0.900. The highest BCUT2D eigenvalue weighted by atomic mass is 32.9. The molecule has 1 unspecified atom stereocenters. The molecular formula is C10H23N2OPS2. The molecule has 0 saturated carbocycles. The summed E-state index contributed by atoms with van der Waals surface area (Å²) < 4.78 is 5.65. The first kappa shape index (κ1) is 16.4. The lowest BCUT2D eigenvalue weighted by molar-refractivity contribution is 0.383. The van der Waals surface area contributed by atoms with E-state index >= 15 is 0 Å². The topological polar surface area (TPSA) is 33.6 Å². The van der Waals surface area contributed by atoms with E-state index in [1.165, 1.54) is 0 Å². The molecule has 1 atom stereocenters. The molecule has 0 radical (unpaired) electrons. The minimum absolute atomic E-state index is 0.285. The minimum atomic E-state index is -1.98. The van der Waals surface area contributed by atoms with Crippen LogP contribution in [0.2, 0.25) is 0 Å². The normalized spacial score (nSPS) is 15.9. The molecule has 0 aromatic rings. The highest BCUT2D eigenvalue weighted by Gasteiger charge is 2.16. The van der Waals surface area contributed by atoms with Gasteiger partial charge in [0, 0.05) is 11.8 Å².